The van der Waals surface area contributed by atoms with Crippen LogP contribution >= 0.6 is 0 Å². The Morgan fingerprint density at radius 2 is 1.62 bits per heavy atom. The zero-order chi connectivity index (χ0) is 16.0. The Balaban J connectivity index is 3.05. The van der Waals surface area contributed by atoms with E-state index in [2.05, 4.69) is 23.8 Å². The molecule has 0 fully saturated rings. The van der Waals surface area contributed by atoms with Crippen LogP contribution in [-0.4, -0.2) is 37.6 Å². The fraction of sp³-hybridized carbons (Fsp3) is 0.286. The van der Waals surface area contributed by atoms with E-state index < -0.39 is 47.5 Å². The summed E-state index contributed by atoms with van der Waals surface area (Å²) >= 11 is 0. The number of anilines is 1. The molecule has 0 atom stereocenters. The lowest BCUT2D eigenvalue weighted by Crippen LogP contribution is -2.13. The molecule has 1 aromatic heterocycles. The van der Waals surface area contributed by atoms with Gasteiger partial charge >= 0.3 is 29.8 Å². The van der Waals surface area contributed by atoms with Gasteiger partial charge in [-0.05, 0) is 0 Å². The first-order valence-electron chi connectivity index (χ1n) is 4.67. The second-order valence-electron chi connectivity index (χ2n) is 2.86. The number of hydrogen-bond donors (Lipinski definition) is 1. The summed E-state index contributed by atoms with van der Waals surface area (Å²) in [7, 11) is -3.09. The quantitative estimate of drug-likeness (QED) is 0.806. The van der Waals surface area contributed by atoms with E-state index in [1.54, 1.807) is 5.32 Å². The normalized spacial score (nSPS) is 10.4. The number of nitrogens with one attached hydrogen (secondary N) is 1. The van der Waals surface area contributed by atoms with Gasteiger partial charge in [0.2, 0.25) is 17.7 Å². The molecule has 0 bridgehead atoms. The van der Waals surface area contributed by atoms with Crippen LogP contribution in [0.25, 0.3) is 0 Å². The third-order valence-electron chi connectivity index (χ3n) is 1.47. The number of ether oxygens (including phenoxy) is 2. The Bertz CT molecular complexity index is 616. The van der Waals surface area contributed by atoms with E-state index in [0.29, 0.717) is 6.07 Å². The van der Waals surface area contributed by atoms with Crippen molar-refractivity contribution in [2.45, 2.75) is 13.2 Å². The van der Waals surface area contributed by atoms with E-state index in [-0.39, 0.29) is 0 Å². The van der Waals surface area contributed by atoms with Crippen molar-refractivity contribution < 1.29 is 40.2 Å². The van der Waals surface area contributed by atoms with Gasteiger partial charge in [-0.3, -0.25) is 5.32 Å². The first-order valence-corrected chi connectivity index (χ1v) is 5.70. The van der Waals surface area contributed by atoms with Gasteiger partial charge in [0.25, 0.3) is 0 Å². The van der Waals surface area contributed by atoms with E-state index in [4.69, 9.17) is 0 Å². The first-order chi connectivity index (χ1) is 9.76. The van der Waals surface area contributed by atoms with Crippen molar-refractivity contribution in [3.63, 3.8) is 0 Å². The van der Waals surface area contributed by atoms with Crippen molar-refractivity contribution in [3.05, 3.63) is 6.07 Å². The van der Waals surface area contributed by atoms with Crippen molar-refractivity contribution in [2.24, 2.45) is 4.36 Å². The van der Waals surface area contributed by atoms with Gasteiger partial charge in [-0.25, -0.2) is 4.79 Å². The monoisotopic (exact) mass is 332 g/mol. The summed E-state index contributed by atoms with van der Waals surface area (Å²) in [6.07, 6.45) is 0. The van der Waals surface area contributed by atoms with E-state index in [0.717, 1.165) is 0 Å². The number of hydrogen-bond acceptors (Lipinski definition) is 7. The highest BCUT2D eigenvalue weighted by Gasteiger charge is 2.15. The molecule has 0 unspecified atom stereocenters. The molecule has 21 heavy (non-hydrogen) atoms. The smallest absolute Gasteiger partial charge is 0.388 e. The van der Waals surface area contributed by atoms with Crippen LogP contribution < -0.4 is 14.8 Å². The van der Waals surface area contributed by atoms with Crippen molar-refractivity contribution >= 4 is 22.5 Å². The molecule has 0 spiro atoms. The topological polar surface area (TPSA) is 120 Å². The maximum atomic E-state index is 12.0. The number of alkyl halides is 4. The molecule has 2 amide bonds. The molecule has 9 nitrogen and oxygen atoms in total. The Labute approximate surface area is 114 Å². The lowest BCUT2D eigenvalue weighted by atomic mass is 10.6. The van der Waals surface area contributed by atoms with Crippen molar-refractivity contribution in [3.8, 4) is 11.8 Å². The van der Waals surface area contributed by atoms with Gasteiger partial charge in [-0.1, -0.05) is 4.36 Å². The number of nitrogens with zero attached hydrogens (tertiary/aromatic N) is 3. The summed E-state index contributed by atoms with van der Waals surface area (Å²) in [5.74, 6) is -2.62. The summed E-state index contributed by atoms with van der Waals surface area (Å²) in [4.78, 5) is 17.4. The second-order valence-corrected chi connectivity index (χ2v) is 3.48. The van der Waals surface area contributed by atoms with Gasteiger partial charge in [0.15, 0.2) is 0 Å². The number of carbonyl (C=O) groups is 1. The van der Waals surface area contributed by atoms with Crippen LogP contribution in [0.4, 0.5) is 28.3 Å². The van der Waals surface area contributed by atoms with Crippen LogP contribution in [0.2, 0.25) is 0 Å². The summed E-state index contributed by atoms with van der Waals surface area (Å²) in [6, 6.07) is -0.975. The van der Waals surface area contributed by atoms with Crippen LogP contribution in [0.3, 0.4) is 0 Å². The molecule has 0 radical (unpaired) electrons. The maximum Gasteiger partial charge on any atom is 0.388 e. The standard InChI is InChI=1S/C7H4F4N4O5S/c8-4(9)19-2-1-3(20-5(10)11)13-6(12-2)14-7(16)15-21(17)18/h1,4-5H,(H,12,13,14,16). The minimum absolute atomic E-state index is 0.511. The Hall–Kier alpha value is -2.51. The molecular weight excluding hydrogens is 328 g/mol. The highest BCUT2D eigenvalue weighted by atomic mass is 32.2. The molecule has 1 heterocycles. The average molecular weight is 332 g/mol. The number of halogens is 4. The highest BCUT2D eigenvalue weighted by molar-refractivity contribution is 7.62. The predicted octanol–water partition coefficient (Wildman–Crippen LogP) is 1.27. The van der Waals surface area contributed by atoms with Gasteiger partial charge in [0, 0.05) is 0 Å². The molecule has 0 aliphatic carbocycles. The molecule has 1 rings (SSSR count). The van der Waals surface area contributed by atoms with Crippen LogP contribution in [0.5, 0.6) is 11.8 Å². The molecular formula is C7H4F4N4O5S. The van der Waals surface area contributed by atoms with E-state index in [9.17, 15) is 30.8 Å². The number of rotatable bonds is 5. The number of carbonyl (C=O) groups excluding carboxylic acids is 1. The van der Waals surface area contributed by atoms with Gasteiger partial charge in [0.05, 0.1) is 6.07 Å². The molecule has 116 valence electrons. The molecule has 0 aliphatic rings. The van der Waals surface area contributed by atoms with Gasteiger partial charge in [0.1, 0.15) is 0 Å². The number of amides is 2. The largest absolute Gasteiger partial charge is 0.417 e. The third-order valence-corrected chi connectivity index (χ3v) is 1.79. The molecule has 14 heteroatoms. The Kier molecular flexibility index (Phi) is 5.77. The summed E-state index contributed by atoms with van der Waals surface area (Å²) in [5, 5.41) is 1.63. The number of aromatic nitrogens is 2. The molecule has 1 aromatic rings. The van der Waals surface area contributed by atoms with E-state index >= 15 is 0 Å². The molecule has 1 N–H and O–H groups in total. The van der Waals surface area contributed by atoms with E-state index in [1.807, 2.05) is 0 Å². The van der Waals surface area contributed by atoms with Crippen LogP contribution in [0.15, 0.2) is 10.4 Å². The van der Waals surface area contributed by atoms with Gasteiger partial charge in [-0.2, -0.15) is 35.9 Å². The zero-order valence-electron chi connectivity index (χ0n) is 9.54. The predicted molar refractivity (Wildman–Crippen MR) is 55.7 cm³/mol. The minimum Gasteiger partial charge on any atom is -0.417 e. The highest BCUT2D eigenvalue weighted by Crippen LogP contribution is 2.21. The lowest BCUT2D eigenvalue weighted by molar-refractivity contribution is -0.0579. The van der Waals surface area contributed by atoms with Crippen LogP contribution in [0.1, 0.15) is 0 Å². The second kappa shape index (κ2) is 7.32. The SMILES string of the molecule is O=C(N=S(=O)=O)Nc1nc(OC(F)F)cc(OC(F)F)n1. The van der Waals surface area contributed by atoms with Crippen molar-refractivity contribution in [1.29, 1.82) is 0 Å². The fourth-order valence-corrected chi connectivity index (χ4v) is 1.13. The van der Waals surface area contributed by atoms with Crippen LogP contribution in [0, 0.1) is 0 Å². The molecule has 0 aromatic carbocycles. The summed E-state index contributed by atoms with van der Waals surface area (Å²) < 4.78 is 78.4. The van der Waals surface area contributed by atoms with Crippen molar-refractivity contribution in [1.82, 2.24) is 9.97 Å². The maximum absolute atomic E-state index is 12.0. The third kappa shape index (κ3) is 6.46. The van der Waals surface area contributed by atoms with Crippen LogP contribution in [-0.2, 0) is 10.5 Å². The Morgan fingerprint density at radius 1 is 1.14 bits per heavy atom. The molecule has 0 saturated heterocycles. The minimum atomic E-state index is -3.33. The van der Waals surface area contributed by atoms with Crippen molar-refractivity contribution in [2.75, 3.05) is 5.32 Å². The molecule has 0 saturated carbocycles. The zero-order valence-corrected chi connectivity index (χ0v) is 10.4. The molecule has 0 aliphatic heterocycles. The van der Waals surface area contributed by atoms with E-state index in [1.165, 1.54) is 0 Å². The van der Waals surface area contributed by atoms with Gasteiger partial charge in [-0.15, -0.1) is 0 Å². The summed E-state index contributed by atoms with van der Waals surface area (Å²) in [6.45, 7) is -6.66. The first kappa shape index (κ1) is 16.5. The summed E-state index contributed by atoms with van der Waals surface area (Å²) in [5.41, 5.74) is 0. The fourth-order valence-electron chi connectivity index (χ4n) is 0.949. The number of urea groups is 1. The average Bonchev–Trinajstić information content (AvgIpc) is 2.24. The van der Waals surface area contributed by atoms with Gasteiger partial charge < -0.3 is 9.47 Å². The Morgan fingerprint density at radius 3 is 2.00 bits per heavy atom. The lowest BCUT2D eigenvalue weighted by Gasteiger charge is -2.08.